The molecule has 2 aliphatic carbocycles. The highest BCUT2D eigenvalue weighted by Gasteiger charge is 2.58. The maximum absolute atomic E-state index is 14.3. The van der Waals surface area contributed by atoms with Gasteiger partial charge in [0.1, 0.15) is 5.69 Å². The van der Waals surface area contributed by atoms with Crippen LogP contribution in [0.15, 0.2) is 18.3 Å². The van der Waals surface area contributed by atoms with Gasteiger partial charge in [-0.2, -0.15) is 18.3 Å². The highest BCUT2D eigenvalue weighted by molar-refractivity contribution is 5.94. The first-order chi connectivity index (χ1) is 19.5. The van der Waals surface area contributed by atoms with Crippen molar-refractivity contribution in [3.63, 3.8) is 0 Å². The largest absolute Gasteiger partial charge is 0.481 e. The number of H-pyrrole nitrogens is 1. The minimum Gasteiger partial charge on any atom is -0.481 e. The third kappa shape index (κ3) is 5.76. The molecular formula is C27H33F4N5O5. The number of pyridine rings is 1. The Balaban J connectivity index is 1.19. The number of aromatic amines is 1. The molecule has 2 aromatic rings. The van der Waals surface area contributed by atoms with Crippen LogP contribution in [0.4, 0.5) is 17.6 Å². The van der Waals surface area contributed by atoms with E-state index in [-0.39, 0.29) is 66.2 Å². The van der Waals surface area contributed by atoms with E-state index < -0.39 is 42.4 Å². The molecule has 0 unspecified atom stereocenters. The Kier molecular flexibility index (Phi) is 7.99. The second-order valence-corrected chi connectivity index (χ2v) is 11.1. The maximum atomic E-state index is 14.3. The number of ether oxygens (including phenoxy) is 2. The number of hydrogen-bond acceptors (Lipinski definition) is 7. The molecule has 1 saturated heterocycles. The molecule has 3 aliphatic rings. The van der Waals surface area contributed by atoms with Crippen LogP contribution in [0.5, 0.6) is 5.88 Å². The van der Waals surface area contributed by atoms with Crippen LogP contribution in [0.3, 0.4) is 0 Å². The van der Waals surface area contributed by atoms with Crippen molar-refractivity contribution in [2.75, 3.05) is 26.9 Å². The number of piperidine rings is 1. The quantitative estimate of drug-likeness (QED) is 0.407. The zero-order valence-electron chi connectivity index (χ0n) is 22.6. The van der Waals surface area contributed by atoms with Gasteiger partial charge >= 0.3 is 6.18 Å². The molecular weight excluding hydrogens is 550 g/mol. The molecule has 3 heterocycles. The molecule has 224 valence electrons. The Hall–Kier alpha value is -3.26. The van der Waals surface area contributed by atoms with E-state index in [1.807, 2.05) is 0 Å². The summed E-state index contributed by atoms with van der Waals surface area (Å²) in [5.41, 5.74) is -2.21. The van der Waals surface area contributed by atoms with E-state index in [9.17, 15) is 27.2 Å². The summed E-state index contributed by atoms with van der Waals surface area (Å²) >= 11 is 0. The summed E-state index contributed by atoms with van der Waals surface area (Å²) in [5, 5.41) is 18.7. The SMILES string of the molecule is COc1cc(-c2cc(C(=O)N3CC[C@H](C(=O)NC4CCC(OCCO)(C(F)(F)F)CC4)CC34CC4)[nH]n2)c(F)cn1. The highest BCUT2D eigenvalue weighted by Crippen LogP contribution is 2.51. The lowest BCUT2D eigenvalue weighted by atomic mass is 9.80. The molecule has 0 bridgehead atoms. The van der Waals surface area contributed by atoms with Crippen LogP contribution in [0.1, 0.15) is 61.9 Å². The number of rotatable bonds is 8. The molecule has 3 fully saturated rings. The molecule has 10 nitrogen and oxygen atoms in total. The molecule has 0 aromatic carbocycles. The summed E-state index contributed by atoms with van der Waals surface area (Å²) in [7, 11) is 1.41. The van der Waals surface area contributed by atoms with Gasteiger partial charge < -0.3 is 24.8 Å². The van der Waals surface area contributed by atoms with E-state index in [1.165, 1.54) is 19.2 Å². The van der Waals surface area contributed by atoms with Gasteiger partial charge in [0.25, 0.3) is 5.91 Å². The van der Waals surface area contributed by atoms with Gasteiger partial charge in [-0.3, -0.25) is 14.7 Å². The van der Waals surface area contributed by atoms with Gasteiger partial charge in [0.05, 0.1) is 32.2 Å². The van der Waals surface area contributed by atoms with Crippen molar-refractivity contribution in [2.45, 2.75) is 74.7 Å². The number of nitrogens with one attached hydrogen (secondary N) is 2. The predicted molar refractivity (Wildman–Crippen MR) is 136 cm³/mol. The van der Waals surface area contributed by atoms with Crippen LogP contribution in [-0.4, -0.2) is 87.2 Å². The summed E-state index contributed by atoms with van der Waals surface area (Å²) in [6.07, 6.45) is -1.55. The predicted octanol–water partition coefficient (Wildman–Crippen LogP) is 3.37. The van der Waals surface area contributed by atoms with E-state index in [0.717, 1.165) is 19.0 Å². The Morgan fingerprint density at radius 1 is 1.20 bits per heavy atom. The van der Waals surface area contributed by atoms with Crippen molar-refractivity contribution < 1.29 is 41.7 Å². The van der Waals surface area contributed by atoms with Crippen LogP contribution in [-0.2, 0) is 9.53 Å². The van der Waals surface area contributed by atoms with Crippen LogP contribution in [0, 0.1) is 11.7 Å². The van der Waals surface area contributed by atoms with Crippen molar-refractivity contribution in [1.29, 1.82) is 0 Å². The van der Waals surface area contributed by atoms with Crippen molar-refractivity contribution in [3.8, 4) is 17.1 Å². The summed E-state index contributed by atoms with van der Waals surface area (Å²) < 4.78 is 65.5. The number of methoxy groups -OCH3 is 1. The minimum atomic E-state index is -4.57. The highest BCUT2D eigenvalue weighted by atomic mass is 19.4. The zero-order valence-corrected chi connectivity index (χ0v) is 22.6. The molecule has 1 atom stereocenters. The van der Waals surface area contributed by atoms with E-state index >= 15 is 0 Å². The normalized spacial score (nSPS) is 25.7. The molecule has 1 spiro atoms. The van der Waals surface area contributed by atoms with Crippen LogP contribution in [0.2, 0.25) is 0 Å². The average Bonchev–Trinajstić information content (AvgIpc) is 3.53. The third-order valence-corrected chi connectivity index (χ3v) is 8.59. The molecule has 0 radical (unpaired) electrons. The topological polar surface area (TPSA) is 130 Å². The summed E-state index contributed by atoms with van der Waals surface area (Å²) in [5.74, 6) is -1.27. The van der Waals surface area contributed by atoms with E-state index in [2.05, 4.69) is 20.5 Å². The Morgan fingerprint density at radius 2 is 1.93 bits per heavy atom. The van der Waals surface area contributed by atoms with Gasteiger partial charge in [-0.1, -0.05) is 0 Å². The lowest BCUT2D eigenvalue weighted by Crippen LogP contribution is -2.55. The molecule has 2 amide bonds. The number of hydrogen-bond donors (Lipinski definition) is 3. The Morgan fingerprint density at radius 3 is 2.56 bits per heavy atom. The van der Waals surface area contributed by atoms with E-state index in [0.29, 0.717) is 19.4 Å². The Bertz CT molecular complexity index is 1270. The van der Waals surface area contributed by atoms with Crippen molar-refractivity contribution in [2.24, 2.45) is 5.92 Å². The second kappa shape index (κ2) is 11.2. The fourth-order valence-corrected chi connectivity index (χ4v) is 6.09. The number of nitrogens with zero attached hydrogens (tertiary/aromatic N) is 3. The molecule has 14 heteroatoms. The molecule has 2 aromatic heterocycles. The fourth-order valence-electron chi connectivity index (χ4n) is 6.09. The third-order valence-electron chi connectivity index (χ3n) is 8.59. The standard InChI is InChI=1S/C27H33F4N5O5/c1-40-22-12-18(19(28)15-32-22)20-13-21(35-34-20)24(39)36-9-4-16(14-25(36)7-8-25)23(38)33-17-2-5-26(6-3-17,27(29,30)31)41-11-10-37/h12-13,15-17,37H,2-11,14H2,1H3,(H,33,38)(H,34,35)/t16-,17?,26?/m0/s1. The first-order valence-corrected chi connectivity index (χ1v) is 13.7. The van der Waals surface area contributed by atoms with Gasteiger partial charge in [0, 0.05) is 35.7 Å². The first-order valence-electron chi connectivity index (χ1n) is 13.7. The Labute approximate surface area is 233 Å². The van der Waals surface area contributed by atoms with Crippen LogP contribution >= 0.6 is 0 Å². The molecule has 5 rings (SSSR count). The molecule has 2 saturated carbocycles. The number of aliphatic hydroxyl groups excluding tert-OH is 1. The number of halogens is 4. The van der Waals surface area contributed by atoms with Crippen molar-refractivity contribution in [1.82, 2.24) is 25.4 Å². The number of alkyl halides is 3. The van der Waals surface area contributed by atoms with Gasteiger partial charge in [-0.15, -0.1) is 0 Å². The number of aliphatic hydroxyl groups is 1. The van der Waals surface area contributed by atoms with Gasteiger partial charge in [-0.05, 0) is 57.4 Å². The maximum Gasteiger partial charge on any atom is 0.417 e. The molecule has 3 N–H and O–H groups in total. The number of amides is 2. The lowest BCUT2D eigenvalue weighted by molar-refractivity contribution is -0.290. The monoisotopic (exact) mass is 583 g/mol. The zero-order chi connectivity index (χ0) is 29.4. The first kappa shape index (κ1) is 29.2. The summed E-state index contributed by atoms with van der Waals surface area (Å²) in [4.78, 5) is 32.1. The number of aromatic nitrogens is 3. The molecule has 1 aliphatic heterocycles. The number of likely N-dealkylation sites (tertiary alicyclic amines) is 1. The van der Waals surface area contributed by atoms with Crippen molar-refractivity contribution in [3.05, 3.63) is 29.8 Å². The van der Waals surface area contributed by atoms with Gasteiger partial charge in [0.2, 0.25) is 11.8 Å². The lowest BCUT2D eigenvalue weighted by Gasteiger charge is -2.42. The van der Waals surface area contributed by atoms with Gasteiger partial charge in [0.15, 0.2) is 11.4 Å². The van der Waals surface area contributed by atoms with E-state index in [1.54, 1.807) is 4.90 Å². The van der Waals surface area contributed by atoms with E-state index in [4.69, 9.17) is 14.6 Å². The van der Waals surface area contributed by atoms with Crippen molar-refractivity contribution >= 4 is 11.8 Å². The van der Waals surface area contributed by atoms with Gasteiger partial charge in [-0.25, -0.2) is 9.37 Å². The average molecular weight is 584 g/mol. The minimum absolute atomic E-state index is 0.116. The molecule has 41 heavy (non-hydrogen) atoms. The number of carbonyl (C=O) groups excluding carboxylic acids is 2. The van der Waals surface area contributed by atoms with Crippen LogP contribution in [0.25, 0.3) is 11.3 Å². The fraction of sp³-hybridized carbons (Fsp3) is 0.630. The summed E-state index contributed by atoms with van der Waals surface area (Å²) in [6, 6.07) is 2.47. The van der Waals surface area contributed by atoms with Crippen LogP contribution < -0.4 is 10.1 Å². The number of carbonyl (C=O) groups is 2. The second-order valence-electron chi connectivity index (χ2n) is 11.1. The smallest absolute Gasteiger partial charge is 0.417 e. The summed E-state index contributed by atoms with van der Waals surface area (Å²) in [6.45, 7) is -0.564.